The van der Waals surface area contributed by atoms with Crippen molar-refractivity contribution in [3.8, 4) is 5.75 Å². The number of aryl methyl sites for hydroxylation is 1. The van der Waals surface area contributed by atoms with Crippen molar-refractivity contribution in [3.05, 3.63) is 62.4 Å². The first-order valence-electron chi connectivity index (χ1n) is 5.85. The summed E-state index contributed by atoms with van der Waals surface area (Å²) in [4.78, 5) is 13.9. The van der Waals surface area contributed by atoms with Crippen LogP contribution in [-0.2, 0) is 0 Å². The molecule has 2 aromatic carbocycles. The van der Waals surface area contributed by atoms with Gasteiger partial charge in [-0.05, 0) is 30.7 Å². The monoisotopic (exact) mass is 308 g/mol. The van der Waals surface area contributed by atoms with Gasteiger partial charge in [-0.15, -0.1) is 0 Å². The van der Waals surface area contributed by atoms with Gasteiger partial charge in [0.1, 0.15) is 5.82 Å². The lowest BCUT2D eigenvalue weighted by atomic mass is 10.2. The highest BCUT2D eigenvalue weighted by molar-refractivity contribution is 6.31. The van der Waals surface area contributed by atoms with Crippen LogP contribution in [0, 0.1) is 22.9 Å². The zero-order valence-electron chi connectivity index (χ0n) is 10.9. The highest BCUT2D eigenvalue weighted by Gasteiger charge is 2.17. The highest BCUT2D eigenvalue weighted by Crippen LogP contribution is 2.32. The largest absolute Gasteiger partial charge is 0.502 e. The van der Waals surface area contributed by atoms with Crippen LogP contribution in [0.3, 0.4) is 0 Å². The third-order valence-electron chi connectivity index (χ3n) is 2.73. The van der Waals surface area contributed by atoms with Crippen molar-refractivity contribution in [2.45, 2.75) is 6.92 Å². The van der Waals surface area contributed by atoms with E-state index in [1.165, 1.54) is 18.2 Å². The minimum atomic E-state index is -0.759. The molecule has 1 N–H and O–H groups in total. The zero-order valence-corrected chi connectivity index (χ0v) is 11.6. The fourth-order valence-corrected chi connectivity index (χ4v) is 1.92. The lowest BCUT2D eigenvalue weighted by molar-refractivity contribution is -0.385. The molecule has 0 atom stereocenters. The fourth-order valence-electron chi connectivity index (χ4n) is 1.70. The molecule has 0 saturated heterocycles. The van der Waals surface area contributed by atoms with Gasteiger partial charge >= 0.3 is 5.69 Å². The summed E-state index contributed by atoms with van der Waals surface area (Å²) >= 11 is 5.75. The molecule has 0 bridgehead atoms. The standard InChI is InChI=1S/C14H10ClFN2O3/c1-8-2-3-12(11(16)4-8)17-7-9-5-10(15)6-13(14(9)19)18(20)21/h2-7,19H,1H3. The van der Waals surface area contributed by atoms with Crippen LogP contribution in [0.5, 0.6) is 5.75 Å². The van der Waals surface area contributed by atoms with E-state index in [1.807, 2.05) is 0 Å². The lowest BCUT2D eigenvalue weighted by Gasteiger charge is -2.02. The summed E-state index contributed by atoms with van der Waals surface area (Å²) in [5, 5.41) is 20.6. The Morgan fingerprint density at radius 3 is 2.71 bits per heavy atom. The van der Waals surface area contributed by atoms with Crippen LogP contribution >= 0.6 is 11.6 Å². The molecule has 2 aromatic rings. The van der Waals surface area contributed by atoms with Gasteiger partial charge in [0, 0.05) is 22.9 Å². The molecule has 0 radical (unpaired) electrons. The summed E-state index contributed by atoms with van der Waals surface area (Å²) in [6.45, 7) is 1.74. The molecule has 21 heavy (non-hydrogen) atoms. The van der Waals surface area contributed by atoms with Gasteiger partial charge in [-0.1, -0.05) is 17.7 Å². The molecule has 0 amide bonds. The second kappa shape index (κ2) is 5.88. The Labute approximate surface area is 124 Å². The van der Waals surface area contributed by atoms with Crippen molar-refractivity contribution in [2.24, 2.45) is 4.99 Å². The molecular formula is C14H10ClFN2O3. The van der Waals surface area contributed by atoms with Crippen LogP contribution in [0.15, 0.2) is 35.3 Å². The first kappa shape index (κ1) is 14.9. The van der Waals surface area contributed by atoms with Gasteiger partial charge in [0.15, 0.2) is 0 Å². The number of hydrogen-bond acceptors (Lipinski definition) is 4. The van der Waals surface area contributed by atoms with Gasteiger partial charge in [-0.25, -0.2) is 4.39 Å². The van der Waals surface area contributed by atoms with Crippen molar-refractivity contribution < 1.29 is 14.4 Å². The maximum Gasteiger partial charge on any atom is 0.312 e. The number of hydrogen-bond donors (Lipinski definition) is 1. The highest BCUT2D eigenvalue weighted by atomic mass is 35.5. The number of rotatable bonds is 3. The molecule has 0 fully saturated rings. The van der Waals surface area contributed by atoms with Crippen molar-refractivity contribution >= 4 is 29.2 Å². The van der Waals surface area contributed by atoms with Crippen molar-refractivity contribution in [3.63, 3.8) is 0 Å². The summed E-state index contributed by atoms with van der Waals surface area (Å²) < 4.78 is 13.6. The molecule has 0 aliphatic carbocycles. The lowest BCUT2D eigenvalue weighted by Crippen LogP contribution is -1.92. The van der Waals surface area contributed by atoms with Crippen LogP contribution in [0.1, 0.15) is 11.1 Å². The predicted molar refractivity (Wildman–Crippen MR) is 78.2 cm³/mol. The summed E-state index contributed by atoms with van der Waals surface area (Å²) in [6, 6.07) is 6.79. The van der Waals surface area contributed by atoms with Gasteiger partial charge in [-0.2, -0.15) is 0 Å². The molecule has 0 aliphatic heterocycles. The predicted octanol–water partition coefficient (Wildman–Crippen LogP) is 4.15. The van der Waals surface area contributed by atoms with Crippen LogP contribution in [-0.4, -0.2) is 16.2 Å². The summed E-state index contributed by atoms with van der Waals surface area (Å²) in [6.07, 6.45) is 1.13. The van der Waals surface area contributed by atoms with Crippen LogP contribution in [0.2, 0.25) is 5.02 Å². The van der Waals surface area contributed by atoms with E-state index in [1.54, 1.807) is 13.0 Å². The van der Waals surface area contributed by atoms with Crippen LogP contribution < -0.4 is 0 Å². The Bertz CT molecular complexity index is 747. The third kappa shape index (κ3) is 3.35. The van der Waals surface area contributed by atoms with Gasteiger partial charge in [-0.3, -0.25) is 15.1 Å². The van der Waals surface area contributed by atoms with Gasteiger partial charge in [0.05, 0.1) is 10.6 Å². The fraction of sp³-hybridized carbons (Fsp3) is 0.0714. The van der Waals surface area contributed by atoms with Crippen molar-refractivity contribution in [1.82, 2.24) is 0 Å². The Hall–Kier alpha value is -2.47. The van der Waals surface area contributed by atoms with Crippen molar-refractivity contribution in [1.29, 1.82) is 0 Å². The van der Waals surface area contributed by atoms with E-state index >= 15 is 0 Å². The Morgan fingerprint density at radius 1 is 1.38 bits per heavy atom. The molecule has 0 aliphatic rings. The Morgan fingerprint density at radius 2 is 2.10 bits per heavy atom. The molecule has 0 heterocycles. The zero-order chi connectivity index (χ0) is 15.6. The third-order valence-corrected chi connectivity index (χ3v) is 2.94. The van der Waals surface area contributed by atoms with Gasteiger partial charge in [0.25, 0.3) is 0 Å². The van der Waals surface area contributed by atoms with E-state index in [-0.39, 0.29) is 16.3 Å². The maximum atomic E-state index is 13.6. The molecule has 0 spiro atoms. The number of phenols is 1. The number of nitrogens with zero attached hydrogens (tertiary/aromatic N) is 2. The number of aliphatic imine (C=N–C) groups is 1. The quantitative estimate of drug-likeness (QED) is 0.525. The smallest absolute Gasteiger partial charge is 0.312 e. The first-order chi connectivity index (χ1) is 9.88. The van der Waals surface area contributed by atoms with E-state index in [4.69, 9.17) is 11.6 Å². The van der Waals surface area contributed by atoms with E-state index in [0.717, 1.165) is 17.8 Å². The van der Waals surface area contributed by atoms with Crippen LogP contribution in [0.4, 0.5) is 15.8 Å². The molecule has 0 unspecified atom stereocenters. The molecular weight excluding hydrogens is 299 g/mol. The second-order valence-electron chi connectivity index (χ2n) is 4.33. The first-order valence-corrected chi connectivity index (χ1v) is 6.23. The normalized spacial score (nSPS) is 11.0. The second-order valence-corrected chi connectivity index (χ2v) is 4.77. The van der Waals surface area contributed by atoms with Crippen molar-refractivity contribution in [2.75, 3.05) is 0 Å². The summed E-state index contributed by atoms with van der Waals surface area (Å²) in [5.74, 6) is -1.09. The average Bonchev–Trinajstić information content (AvgIpc) is 2.40. The number of aromatic hydroxyl groups is 1. The number of nitro benzene ring substituents is 1. The molecule has 5 nitrogen and oxygen atoms in total. The van der Waals surface area contributed by atoms with Crippen LogP contribution in [0.25, 0.3) is 0 Å². The average molecular weight is 309 g/mol. The summed E-state index contributed by atoms with van der Waals surface area (Å²) in [5.41, 5.74) is 0.304. The molecule has 0 aromatic heterocycles. The topological polar surface area (TPSA) is 75.7 Å². The van der Waals surface area contributed by atoms with Gasteiger partial charge in [0.2, 0.25) is 5.75 Å². The number of phenolic OH excluding ortho intramolecular Hbond substituents is 1. The number of benzene rings is 2. The minimum absolute atomic E-state index is 0.0363. The molecule has 108 valence electrons. The summed E-state index contributed by atoms with van der Waals surface area (Å²) in [7, 11) is 0. The molecule has 2 rings (SSSR count). The Kier molecular flexibility index (Phi) is 4.18. The van der Waals surface area contributed by atoms with E-state index in [9.17, 15) is 19.6 Å². The maximum absolute atomic E-state index is 13.6. The number of nitro groups is 1. The SMILES string of the molecule is Cc1ccc(N=Cc2cc(Cl)cc([N+](=O)[O-])c2O)c(F)c1. The number of halogens is 2. The van der Waals surface area contributed by atoms with E-state index in [0.29, 0.717) is 0 Å². The van der Waals surface area contributed by atoms with E-state index < -0.39 is 22.2 Å². The van der Waals surface area contributed by atoms with Gasteiger partial charge < -0.3 is 5.11 Å². The van der Waals surface area contributed by atoms with E-state index in [2.05, 4.69) is 4.99 Å². The minimum Gasteiger partial charge on any atom is -0.502 e. The molecule has 7 heteroatoms. The molecule has 0 saturated carbocycles. The Balaban J connectivity index is 2.43.